The van der Waals surface area contributed by atoms with Crippen molar-refractivity contribution < 1.29 is 9.53 Å². The Kier molecular flexibility index (Phi) is 6.56. The Balaban J connectivity index is 2.17. The first kappa shape index (κ1) is 14.5. The number of esters is 1. The van der Waals surface area contributed by atoms with E-state index in [1.165, 1.54) is 19.3 Å². The van der Waals surface area contributed by atoms with Crippen LogP contribution in [0.15, 0.2) is 0 Å². The van der Waals surface area contributed by atoms with Gasteiger partial charge in [-0.1, -0.05) is 19.8 Å². The Hall–Kier alpha value is -0.570. The summed E-state index contributed by atoms with van der Waals surface area (Å²) in [5, 5.41) is 0. The standard InChI is InChI=1S/C14H27NO2/c1-3-12-7-5-8-13(10-12)17-14(16)9-4-6-11(2)15/h11-13H,3-10,15H2,1-2H3. The Morgan fingerprint density at radius 1 is 1.47 bits per heavy atom. The predicted octanol–water partition coefficient (Wildman–Crippen LogP) is 3.02. The lowest BCUT2D eigenvalue weighted by atomic mass is 9.85. The molecule has 0 aromatic heterocycles. The summed E-state index contributed by atoms with van der Waals surface area (Å²) in [7, 11) is 0. The van der Waals surface area contributed by atoms with Crippen LogP contribution in [0.3, 0.4) is 0 Å². The average molecular weight is 241 g/mol. The van der Waals surface area contributed by atoms with Crippen LogP contribution in [-0.4, -0.2) is 18.1 Å². The quantitative estimate of drug-likeness (QED) is 0.727. The molecule has 1 rings (SSSR count). The monoisotopic (exact) mass is 241 g/mol. The molecule has 1 aliphatic rings. The molecule has 0 heterocycles. The summed E-state index contributed by atoms with van der Waals surface area (Å²) in [6.45, 7) is 4.19. The molecule has 3 unspecified atom stereocenters. The summed E-state index contributed by atoms with van der Waals surface area (Å²) in [6.07, 6.45) is 8.28. The van der Waals surface area contributed by atoms with Crippen LogP contribution in [0.1, 0.15) is 65.2 Å². The molecule has 0 aromatic carbocycles. The number of nitrogens with two attached hydrogens (primary N) is 1. The molecule has 0 amide bonds. The summed E-state index contributed by atoms with van der Waals surface area (Å²) < 4.78 is 5.53. The van der Waals surface area contributed by atoms with Crippen LogP contribution >= 0.6 is 0 Å². The highest BCUT2D eigenvalue weighted by Gasteiger charge is 2.23. The third-order valence-electron chi connectivity index (χ3n) is 3.65. The summed E-state index contributed by atoms with van der Waals surface area (Å²) in [5.41, 5.74) is 5.65. The van der Waals surface area contributed by atoms with E-state index in [0.717, 1.165) is 31.6 Å². The van der Waals surface area contributed by atoms with Gasteiger partial charge in [0.2, 0.25) is 0 Å². The van der Waals surface area contributed by atoms with Crippen LogP contribution in [0.4, 0.5) is 0 Å². The minimum Gasteiger partial charge on any atom is -0.462 e. The van der Waals surface area contributed by atoms with Crippen molar-refractivity contribution >= 4 is 5.97 Å². The van der Waals surface area contributed by atoms with Crippen molar-refractivity contribution in [1.29, 1.82) is 0 Å². The van der Waals surface area contributed by atoms with Crippen molar-refractivity contribution in [3.8, 4) is 0 Å². The van der Waals surface area contributed by atoms with Crippen LogP contribution in [0.5, 0.6) is 0 Å². The second-order valence-corrected chi connectivity index (χ2v) is 5.42. The molecule has 1 aliphatic carbocycles. The van der Waals surface area contributed by atoms with E-state index < -0.39 is 0 Å². The van der Waals surface area contributed by atoms with E-state index in [0.29, 0.717) is 6.42 Å². The third-order valence-corrected chi connectivity index (χ3v) is 3.65. The van der Waals surface area contributed by atoms with E-state index in [-0.39, 0.29) is 18.1 Å². The highest BCUT2D eigenvalue weighted by Crippen LogP contribution is 2.28. The number of hydrogen-bond donors (Lipinski definition) is 1. The van der Waals surface area contributed by atoms with Crippen LogP contribution in [0, 0.1) is 5.92 Å². The van der Waals surface area contributed by atoms with Crippen molar-refractivity contribution in [2.75, 3.05) is 0 Å². The maximum Gasteiger partial charge on any atom is 0.306 e. The van der Waals surface area contributed by atoms with Gasteiger partial charge in [0.05, 0.1) is 0 Å². The fourth-order valence-corrected chi connectivity index (χ4v) is 2.53. The molecular weight excluding hydrogens is 214 g/mol. The van der Waals surface area contributed by atoms with Gasteiger partial charge in [0.15, 0.2) is 0 Å². The Labute approximate surface area is 105 Å². The number of carbonyl (C=O) groups excluding carboxylic acids is 1. The first-order valence-corrected chi connectivity index (χ1v) is 7.06. The highest BCUT2D eigenvalue weighted by molar-refractivity contribution is 5.69. The number of ether oxygens (including phenoxy) is 1. The molecule has 0 saturated heterocycles. The van der Waals surface area contributed by atoms with Crippen LogP contribution in [0.25, 0.3) is 0 Å². The molecule has 0 aliphatic heterocycles. The van der Waals surface area contributed by atoms with Gasteiger partial charge in [0.1, 0.15) is 6.10 Å². The van der Waals surface area contributed by atoms with Gasteiger partial charge in [-0.15, -0.1) is 0 Å². The molecule has 17 heavy (non-hydrogen) atoms. The number of hydrogen-bond acceptors (Lipinski definition) is 3. The molecule has 100 valence electrons. The zero-order valence-corrected chi connectivity index (χ0v) is 11.3. The van der Waals surface area contributed by atoms with E-state index in [2.05, 4.69) is 6.92 Å². The highest BCUT2D eigenvalue weighted by atomic mass is 16.5. The lowest BCUT2D eigenvalue weighted by molar-refractivity contribution is -0.151. The van der Waals surface area contributed by atoms with E-state index in [9.17, 15) is 4.79 Å². The smallest absolute Gasteiger partial charge is 0.306 e. The van der Waals surface area contributed by atoms with Gasteiger partial charge in [-0.25, -0.2) is 0 Å². The summed E-state index contributed by atoms with van der Waals surface area (Å²) >= 11 is 0. The zero-order valence-electron chi connectivity index (χ0n) is 11.3. The fraction of sp³-hybridized carbons (Fsp3) is 0.929. The predicted molar refractivity (Wildman–Crippen MR) is 69.6 cm³/mol. The average Bonchev–Trinajstić information content (AvgIpc) is 2.28. The van der Waals surface area contributed by atoms with Gasteiger partial charge in [-0.3, -0.25) is 4.79 Å². The van der Waals surface area contributed by atoms with E-state index in [1.54, 1.807) is 0 Å². The molecule has 3 heteroatoms. The summed E-state index contributed by atoms with van der Waals surface area (Å²) in [5.74, 6) is 0.720. The summed E-state index contributed by atoms with van der Waals surface area (Å²) in [4.78, 5) is 11.6. The number of carbonyl (C=O) groups is 1. The van der Waals surface area contributed by atoms with Gasteiger partial charge in [-0.05, 0) is 44.9 Å². The van der Waals surface area contributed by atoms with Crippen molar-refractivity contribution in [1.82, 2.24) is 0 Å². The van der Waals surface area contributed by atoms with Crippen LogP contribution < -0.4 is 5.73 Å². The minimum absolute atomic E-state index is 0.0348. The van der Waals surface area contributed by atoms with E-state index in [4.69, 9.17) is 10.5 Å². The second kappa shape index (κ2) is 7.70. The Bertz CT molecular complexity index is 228. The van der Waals surface area contributed by atoms with E-state index >= 15 is 0 Å². The first-order valence-electron chi connectivity index (χ1n) is 7.06. The second-order valence-electron chi connectivity index (χ2n) is 5.42. The molecule has 1 saturated carbocycles. The molecule has 3 atom stereocenters. The third kappa shape index (κ3) is 6.06. The Morgan fingerprint density at radius 3 is 2.88 bits per heavy atom. The lowest BCUT2D eigenvalue weighted by Gasteiger charge is -2.28. The molecule has 1 fully saturated rings. The molecule has 3 nitrogen and oxygen atoms in total. The maximum atomic E-state index is 11.6. The molecule has 2 N–H and O–H groups in total. The summed E-state index contributed by atoms with van der Waals surface area (Å²) in [6, 6.07) is 0.182. The topological polar surface area (TPSA) is 52.3 Å². The van der Waals surface area contributed by atoms with Crippen molar-refractivity contribution in [2.24, 2.45) is 11.7 Å². The zero-order chi connectivity index (χ0) is 12.7. The van der Waals surface area contributed by atoms with Crippen molar-refractivity contribution in [2.45, 2.75) is 77.4 Å². The van der Waals surface area contributed by atoms with Gasteiger partial charge >= 0.3 is 5.97 Å². The maximum absolute atomic E-state index is 11.6. The normalized spacial score (nSPS) is 26.5. The van der Waals surface area contributed by atoms with Gasteiger partial charge < -0.3 is 10.5 Å². The van der Waals surface area contributed by atoms with Crippen LogP contribution in [0.2, 0.25) is 0 Å². The lowest BCUT2D eigenvalue weighted by Crippen LogP contribution is -2.25. The van der Waals surface area contributed by atoms with Gasteiger partial charge in [-0.2, -0.15) is 0 Å². The first-order chi connectivity index (χ1) is 8.11. The van der Waals surface area contributed by atoms with Crippen molar-refractivity contribution in [3.05, 3.63) is 0 Å². The molecule has 0 radical (unpaired) electrons. The van der Waals surface area contributed by atoms with Crippen molar-refractivity contribution in [3.63, 3.8) is 0 Å². The van der Waals surface area contributed by atoms with E-state index in [1.807, 2.05) is 6.92 Å². The Morgan fingerprint density at radius 2 is 2.24 bits per heavy atom. The minimum atomic E-state index is -0.0348. The van der Waals surface area contributed by atoms with Gasteiger partial charge in [0, 0.05) is 12.5 Å². The van der Waals surface area contributed by atoms with Crippen LogP contribution in [-0.2, 0) is 9.53 Å². The molecule has 0 aromatic rings. The molecule has 0 bridgehead atoms. The molecule has 0 spiro atoms. The number of rotatable bonds is 6. The largest absolute Gasteiger partial charge is 0.462 e. The fourth-order valence-electron chi connectivity index (χ4n) is 2.53. The SMILES string of the molecule is CCC1CCCC(OC(=O)CCCC(C)N)C1. The molecular formula is C14H27NO2. The van der Waals surface area contributed by atoms with Gasteiger partial charge in [0.25, 0.3) is 0 Å².